The van der Waals surface area contributed by atoms with Crippen LogP contribution in [0.15, 0.2) is 30.3 Å². The van der Waals surface area contributed by atoms with Crippen molar-refractivity contribution < 1.29 is 19.4 Å². The fourth-order valence-electron chi connectivity index (χ4n) is 2.49. The maximum Gasteiger partial charge on any atom is 0.408 e. The summed E-state index contributed by atoms with van der Waals surface area (Å²) in [7, 11) is 0. The number of amides is 1. The van der Waals surface area contributed by atoms with Crippen molar-refractivity contribution in [2.75, 3.05) is 0 Å². The smallest absolute Gasteiger partial charge is 0.408 e. The van der Waals surface area contributed by atoms with Crippen LogP contribution in [0, 0.1) is 5.41 Å². The molecule has 1 atom stereocenters. The van der Waals surface area contributed by atoms with Gasteiger partial charge in [-0.1, -0.05) is 44.2 Å². The highest BCUT2D eigenvalue weighted by Gasteiger charge is 2.60. The van der Waals surface area contributed by atoms with Crippen LogP contribution in [-0.2, 0) is 16.1 Å². The highest BCUT2D eigenvalue weighted by Crippen LogP contribution is 2.49. The van der Waals surface area contributed by atoms with Crippen molar-refractivity contribution in [3.8, 4) is 0 Å². The number of carboxylic acids is 1. The number of benzene rings is 1. The van der Waals surface area contributed by atoms with E-state index in [1.54, 1.807) is 0 Å². The fourth-order valence-corrected chi connectivity index (χ4v) is 2.49. The zero-order chi connectivity index (χ0) is 14.8. The Balaban J connectivity index is 1.95. The summed E-state index contributed by atoms with van der Waals surface area (Å²) in [4.78, 5) is 23.3. The first-order valence-corrected chi connectivity index (χ1v) is 6.60. The third kappa shape index (κ3) is 2.48. The van der Waals surface area contributed by atoms with Gasteiger partial charge in [-0.15, -0.1) is 0 Å². The summed E-state index contributed by atoms with van der Waals surface area (Å²) in [6.45, 7) is 3.80. The SMILES string of the molecule is CC1(C)CCC1(NC(=O)OCc1ccccc1)C(=O)O. The Kier molecular flexibility index (Phi) is 3.70. The molecule has 1 fully saturated rings. The zero-order valence-electron chi connectivity index (χ0n) is 11.7. The Labute approximate surface area is 117 Å². The first kappa shape index (κ1) is 14.4. The second kappa shape index (κ2) is 5.15. The van der Waals surface area contributed by atoms with Crippen LogP contribution >= 0.6 is 0 Å². The van der Waals surface area contributed by atoms with Crippen LogP contribution in [0.3, 0.4) is 0 Å². The summed E-state index contributed by atoms with van der Waals surface area (Å²) in [6.07, 6.45) is 0.498. The van der Waals surface area contributed by atoms with Crippen LogP contribution in [0.4, 0.5) is 4.79 Å². The number of nitrogens with one attached hydrogen (secondary N) is 1. The molecule has 2 N–H and O–H groups in total. The lowest BCUT2D eigenvalue weighted by molar-refractivity contribution is -0.159. The lowest BCUT2D eigenvalue weighted by Crippen LogP contribution is -2.69. The van der Waals surface area contributed by atoms with Gasteiger partial charge in [-0.05, 0) is 23.8 Å². The number of rotatable bonds is 4. The summed E-state index contributed by atoms with van der Waals surface area (Å²) >= 11 is 0. The molecular formula is C15H19NO4. The van der Waals surface area contributed by atoms with Gasteiger partial charge in [-0.3, -0.25) is 0 Å². The number of alkyl carbamates (subject to hydrolysis) is 1. The molecule has 1 unspecified atom stereocenters. The second-order valence-corrected chi connectivity index (χ2v) is 5.78. The van der Waals surface area contributed by atoms with Crippen LogP contribution < -0.4 is 5.32 Å². The van der Waals surface area contributed by atoms with Crippen LogP contribution in [0.1, 0.15) is 32.3 Å². The summed E-state index contributed by atoms with van der Waals surface area (Å²) < 4.78 is 5.09. The molecule has 0 spiro atoms. The highest BCUT2D eigenvalue weighted by molar-refractivity contribution is 5.86. The number of carbonyl (C=O) groups is 2. The van der Waals surface area contributed by atoms with E-state index in [9.17, 15) is 14.7 Å². The molecule has 0 aliphatic heterocycles. The average Bonchev–Trinajstić information content (AvgIpc) is 2.42. The molecule has 5 nitrogen and oxygen atoms in total. The van der Waals surface area contributed by atoms with Gasteiger partial charge in [0.25, 0.3) is 0 Å². The molecule has 5 heteroatoms. The van der Waals surface area contributed by atoms with E-state index in [0.717, 1.165) is 12.0 Å². The number of carboxylic acid groups (broad SMARTS) is 1. The van der Waals surface area contributed by atoms with E-state index < -0.39 is 23.0 Å². The molecule has 108 valence electrons. The number of aliphatic carboxylic acids is 1. The number of ether oxygens (including phenoxy) is 1. The van der Waals surface area contributed by atoms with E-state index in [2.05, 4.69) is 5.32 Å². The topological polar surface area (TPSA) is 75.6 Å². The highest BCUT2D eigenvalue weighted by atomic mass is 16.5. The Morgan fingerprint density at radius 1 is 1.25 bits per heavy atom. The molecule has 1 amide bonds. The molecule has 2 rings (SSSR count). The van der Waals surface area contributed by atoms with Gasteiger partial charge in [0, 0.05) is 0 Å². The normalized spacial score (nSPS) is 23.5. The van der Waals surface area contributed by atoms with E-state index in [1.165, 1.54) is 0 Å². The maximum atomic E-state index is 11.8. The molecule has 0 bridgehead atoms. The van der Waals surface area contributed by atoms with Gasteiger partial charge in [0.1, 0.15) is 12.1 Å². The van der Waals surface area contributed by atoms with Gasteiger partial charge in [-0.25, -0.2) is 9.59 Å². The molecule has 1 aliphatic rings. The minimum Gasteiger partial charge on any atom is -0.479 e. The molecule has 1 aromatic rings. The second-order valence-electron chi connectivity index (χ2n) is 5.78. The third-order valence-corrected chi connectivity index (χ3v) is 4.17. The Morgan fingerprint density at radius 2 is 1.90 bits per heavy atom. The minimum atomic E-state index is -1.22. The molecule has 1 aliphatic carbocycles. The lowest BCUT2D eigenvalue weighted by Gasteiger charge is -2.52. The van der Waals surface area contributed by atoms with Gasteiger partial charge in [0.15, 0.2) is 0 Å². The van der Waals surface area contributed by atoms with Gasteiger partial charge >= 0.3 is 12.1 Å². The molecule has 0 heterocycles. The van der Waals surface area contributed by atoms with Gasteiger partial charge in [0.05, 0.1) is 0 Å². The zero-order valence-corrected chi connectivity index (χ0v) is 11.7. The Hall–Kier alpha value is -2.04. The number of carbonyl (C=O) groups excluding carboxylic acids is 1. The maximum absolute atomic E-state index is 11.8. The van der Waals surface area contributed by atoms with E-state index in [0.29, 0.717) is 6.42 Å². The van der Waals surface area contributed by atoms with E-state index in [1.807, 2.05) is 44.2 Å². The molecule has 0 aromatic heterocycles. The average molecular weight is 277 g/mol. The van der Waals surface area contributed by atoms with Crippen LogP contribution in [0.25, 0.3) is 0 Å². The molecule has 1 aromatic carbocycles. The van der Waals surface area contributed by atoms with Crippen molar-refractivity contribution in [2.24, 2.45) is 5.41 Å². The summed E-state index contributed by atoms with van der Waals surface area (Å²) in [5, 5.41) is 11.9. The number of hydrogen-bond acceptors (Lipinski definition) is 3. The van der Waals surface area contributed by atoms with Crippen molar-refractivity contribution in [3.63, 3.8) is 0 Å². The molecule has 20 heavy (non-hydrogen) atoms. The van der Waals surface area contributed by atoms with Crippen molar-refractivity contribution >= 4 is 12.1 Å². The predicted octanol–water partition coefficient (Wildman–Crippen LogP) is 2.56. The molecule has 1 saturated carbocycles. The summed E-state index contributed by atoms with van der Waals surface area (Å²) in [6, 6.07) is 9.26. The van der Waals surface area contributed by atoms with Gasteiger partial charge in [0.2, 0.25) is 0 Å². The van der Waals surface area contributed by atoms with Crippen LogP contribution in [0.2, 0.25) is 0 Å². The Morgan fingerprint density at radius 3 is 2.35 bits per heavy atom. The third-order valence-electron chi connectivity index (χ3n) is 4.17. The Bertz CT molecular complexity index is 512. The lowest BCUT2D eigenvalue weighted by atomic mass is 9.56. The first-order valence-electron chi connectivity index (χ1n) is 6.60. The van der Waals surface area contributed by atoms with E-state index >= 15 is 0 Å². The van der Waals surface area contributed by atoms with Crippen molar-refractivity contribution in [2.45, 2.75) is 38.8 Å². The monoisotopic (exact) mass is 277 g/mol. The standard InChI is InChI=1S/C15H19NO4/c1-14(2)8-9-15(14,12(17)18)16-13(19)20-10-11-6-4-3-5-7-11/h3-7H,8-10H2,1-2H3,(H,16,19)(H,17,18). The largest absolute Gasteiger partial charge is 0.479 e. The minimum absolute atomic E-state index is 0.128. The van der Waals surface area contributed by atoms with E-state index in [4.69, 9.17) is 4.74 Å². The van der Waals surface area contributed by atoms with E-state index in [-0.39, 0.29) is 6.61 Å². The summed E-state index contributed by atoms with van der Waals surface area (Å²) in [5.41, 5.74) is -0.828. The van der Waals surface area contributed by atoms with Crippen molar-refractivity contribution in [1.82, 2.24) is 5.32 Å². The fraction of sp³-hybridized carbons (Fsp3) is 0.467. The van der Waals surface area contributed by atoms with Gasteiger partial charge in [-0.2, -0.15) is 0 Å². The predicted molar refractivity (Wildman–Crippen MR) is 73.1 cm³/mol. The quantitative estimate of drug-likeness (QED) is 0.886. The molecule has 0 saturated heterocycles. The van der Waals surface area contributed by atoms with Crippen LogP contribution in [0.5, 0.6) is 0 Å². The molecule has 0 radical (unpaired) electrons. The van der Waals surface area contributed by atoms with Crippen molar-refractivity contribution in [3.05, 3.63) is 35.9 Å². The van der Waals surface area contributed by atoms with Crippen LogP contribution in [-0.4, -0.2) is 22.7 Å². The van der Waals surface area contributed by atoms with Gasteiger partial charge < -0.3 is 15.2 Å². The first-order chi connectivity index (χ1) is 9.37. The number of hydrogen-bond donors (Lipinski definition) is 2. The summed E-state index contributed by atoms with van der Waals surface area (Å²) in [5.74, 6) is -1.01. The molecular weight excluding hydrogens is 258 g/mol. The van der Waals surface area contributed by atoms with Crippen molar-refractivity contribution in [1.29, 1.82) is 0 Å².